The van der Waals surface area contributed by atoms with Gasteiger partial charge in [-0.2, -0.15) is 0 Å². The average molecular weight is 284 g/mol. The maximum atomic E-state index is 12.0. The summed E-state index contributed by atoms with van der Waals surface area (Å²) in [5.74, 6) is 0.675. The summed E-state index contributed by atoms with van der Waals surface area (Å²) >= 11 is 0. The van der Waals surface area contributed by atoms with Crippen molar-refractivity contribution in [2.24, 2.45) is 0 Å². The molecule has 0 fully saturated rings. The van der Waals surface area contributed by atoms with Gasteiger partial charge >= 0.3 is 0 Å². The van der Waals surface area contributed by atoms with E-state index in [1.807, 2.05) is 49.4 Å². The van der Waals surface area contributed by atoms with Gasteiger partial charge in [0.25, 0.3) is 0 Å². The van der Waals surface area contributed by atoms with Gasteiger partial charge < -0.3 is 9.47 Å². The van der Waals surface area contributed by atoms with Crippen LogP contribution in [0.15, 0.2) is 54.6 Å². The van der Waals surface area contributed by atoms with Crippen LogP contribution in [0.2, 0.25) is 0 Å². The second kappa shape index (κ2) is 8.22. The molecule has 0 saturated carbocycles. The fourth-order valence-electron chi connectivity index (χ4n) is 1.89. The minimum absolute atomic E-state index is 0.0198. The number of hydrogen-bond acceptors (Lipinski definition) is 3. The van der Waals surface area contributed by atoms with Crippen LogP contribution in [0.25, 0.3) is 0 Å². The summed E-state index contributed by atoms with van der Waals surface area (Å²) in [6, 6.07) is 17.2. The molecule has 2 aromatic rings. The van der Waals surface area contributed by atoms with E-state index in [0.717, 1.165) is 12.0 Å². The Morgan fingerprint density at radius 3 is 2.62 bits per heavy atom. The van der Waals surface area contributed by atoms with E-state index in [9.17, 15) is 4.79 Å². The first-order chi connectivity index (χ1) is 10.3. The second-order valence-corrected chi connectivity index (χ2v) is 4.78. The Morgan fingerprint density at radius 1 is 1.05 bits per heavy atom. The predicted molar refractivity (Wildman–Crippen MR) is 82.7 cm³/mol. The molecule has 0 unspecified atom stereocenters. The molecule has 0 aliphatic carbocycles. The zero-order chi connectivity index (χ0) is 14.9. The van der Waals surface area contributed by atoms with E-state index in [1.165, 1.54) is 0 Å². The molecule has 0 aromatic heterocycles. The molecule has 0 bridgehead atoms. The van der Waals surface area contributed by atoms with Crippen LogP contribution >= 0.6 is 0 Å². The summed E-state index contributed by atoms with van der Waals surface area (Å²) in [4.78, 5) is 12.0. The first-order valence-electron chi connectivity index (χ1n) is 7.17. The van der Waals surface area contributed by atoms with Crippen LogP contribution in [0.1, 0.15) is 29.3 Å². The van der Waals surface area contributed by atoms with E-state index >= 15 is 0 Å². The number of benzene rings is 2. The Bertz CT molecular complexity index is 564. The third-order valence-electron chi connectivity index (χ3n) is 2.99. The quantitative estimate of drug-likeness (QED) is 0.545. The highest BCUT2D eigenvalue weighted by atomic mass is 16.5. The van der Waals surface area contributed by atoms with E-state index < -0.39 is 0 Å². The molecule has 0 radical (unpaired) electrons. The summed E-state index contributed by atoms with van der Waals surface area (Å²) in [6.07, 6.45) is 0.910. The topological polar surface area (TPSA) is 35.5 Å². The van der Waals surface area contributed by atoms with Crippen molar-refractivity contribution in [3.63, 3.8) is 0 Å². The molecule has 21 heavy (non-hydrogen) atoms. The van der Waals surface area contributed by atoms with E-state index in [1.54, 1.807) is 12.1 Å². The van der Waals surface area contributed by atoms with Crippen LogP contribution in [-0.4, -0.2) is 19.0 Å². The summed E-state index contributed by atoms with van der Waals surface area (Å²) in [5.41, 5.74) is 1.72. The van der Waals surface area contributed by atoms with Gasteiger partial charge in [-0.15, -0.1) is 0 Å². The van der Waals surface area contributed by atoms with Gasteiger partial charge in [0.05, 0.1) is 0 Å². The van der Waals surface area contributed by atoms with Crippen LogP contribution in [-0.2, 0) is 11.3 Å². The minimum atomic E-state index is -0.0198. The fourth-order valence-corrected chi connectivity index (χ4v) is 1.89. The average Bonchev–Trinajstić information content (AvgIpc) is 2.54. The Labute approximate surface area is 125 Å². The molecule has 0 N–H and O–H groups in total. The maximum Gasteiger partial charge on any atom is 0.188 e. The summed E-state index contributed by atoms with van der Waals surface area (Å²) < 4.78 is 11.0. The van der Waals surface area contributed by atoms with Crippen molar-refractivity contribution in [1.82, 2.24) is 0 Å². The summed E-state index contributed by atoms with van der Waals surface area (Å²) in [6.45, 7) is 3.24. The smallest absolute Gasteiger partial charge is 0.188 e. The highest BCUT2D eigenvalue weighted by Crippen LogP contribution is 2.15. The number of rotatable bonds is 8. The Hall–Kier alpha value is -2.13. The summed E-state index contributed by atoms with van der Waals surface area (Å²) in [5, 5.41) is 0. The zero-order valence-corrected chi connectivity index (χ0v) is 12.2. The molecule has 3 nitrogen and oxygen atoms in total. The summed E-state index contributed by atoms with van der Waals surface area (Å²) in [7, 11) is 0. The minimum Gasteiger partial charge on any atom is -0.489 e. The zero-order valence-electron chi connectivity index (χ0n) is 12.2. The van der Waals surface area contributed by atoms with Crippen LogP contribution in [0.4, 0.5) is 0 Å². The van der Waals surface area contributed by atoms with Gasteiger partial charge in [-0.1, -0.05) is 49.4 Å². The lowest BCUT2D eigenvalue weighted by molar-refractivity contribution is 0.0761. The van der Waals surface area contributed by atoms with Crippen molar-refractivity contribution in [1.29, 1.82) is 0 Å². The molecule has 0 heterocycles. The van der Waals surface area contributed by atoms with Crippen LogP contribution in [0.5, 0.6) is 5.75 Å². The van der Waals surface area contributed by atoms with Crippen molar-refractivity contribution < 1.29 is 14.3 Å². The Balaban J connectivity index is 1.92. The number of ketones is 1. The van der Waals surface area contributed by atoms with Gasteiger partial charge in [0.2, 0.25) is 0 Å². The van der Waals surface area contributed by atoms with Gasteiger partial charge in [-0.25, -0.2) is 0 Å². The molecule has 3 heteroatoms. The molecule has 0 saturated heterocycles. The highest BCUT2D eigenvalue weighted by Gasteiger charge is 2.07. The van der Waals surface area contributed by atoms with Gasteiger partial charge in [0, 0.05) is 12.2 Å². The third-order valence-corrected chi connectivity index (χ3v) is 2.99. The standard InChI is InChI=1S/C18H20O3/c1-2-11-20-14-18(19)16-9-6-10-17(12-16)21-13-15-7-4-3-5-8-15/h3-10,12H,2,11,13-14H2,1H3. The van der Waals surface area contributed by atoms with Gasteiger partial charge in [0.1, 0.15) is 19.0 Å². The SMILES string of the molecule is CCCOCC(=O)c1cccc(OCc2ccccc2)c1. The van der Waals surface area contributed by atoms with Crippen molar-refractivity contribution in [3.8, 4) is 5.75 Å². The van der Waals surface area contributed by atoms with Crippen molar-refractivity contribution in [2.75, 3.05) is 13.2 Å². The van der Waals surface area contributed by atoms with E-state index in [4.69, 9.17) is 9.47 Å². The second-order valence-electron chi connectivity index (χ2n) is 4.78. The molecule has 0 amide bonds. The molecule has 0 aliphatic rings. The van der Waals surface area contributed by atoms with E-state index in [2.05, 4.69) is 0 Å². The molecular formula is C18H20O3. The van der Waals surface area contributed by atoms with Gasteiger partial charge in [-0.05, 0) is 24.1 Å². The molecular weight excluding hydrogens is 264 g/mol. The van der Waals surface area contributed by atoms with E-state index in [0.29, 0.717) is 24.5 Å². The molecule has 0 aliphatic heterocycles. The lowest BCUT2D eigenvalue weighted by atomic mass is 10.1. The number of carbonyl (C=O) groups excluding carboxylic acids is 1. The molecule has 2 aromatic carbocycles. The molecule has 110 valence electrons. The first kappa shape index (κ1) is 15.3. The molecule has 0 atom stereocenters. The maximum absolute atomic E-state index is 12.0. The third kappa shape index (κ3) is 5.04. The first-order valence-corrected chi connectivity index (χ1v) is 7.17. The van der Waals surface area contributed by atoms with Crippen molar-refractivity contribution >= 4 is 5.78 Å². The fraction of sp³-hybridized carbons (Fsp3) is 0.278. The lowest BCUT2D eigenvalue weighted by Crippen LogP contribution is -2.09. The van der Waals surface area contributed by atoms with Crippen LogP contribution in [0, 0.1) is 0 Å². The number of ether oxygens (including phenoxy) is 2. The van der Waals surface area contributed by atoms with E-state index in [-0.39, 0.29) is 12.4 Å². The normalized spacial score (nSPS) is 10.3. The number of hydrogen-bond donors (Lipinski definition) is 0. The van der Waals surface area contributed by atoms with Crippen molar-refractivity contribution in [2.45, 2.75) is 20.0 Å². The largest absolute Gasteiger partial charge is 0.489 e. The van der Waals surface area contributed by atoms with Gasteiger partial charge in [0.15, 0.2) is 5.78 Å². The Morgan fingerprint density at radius 2 is 1.86 bits per heavy atom. The lowest BCUT2D eigenvalue weighted by Gasteiger charge is -2.08. The van der Waals surface area contributed by atoms with Crippen LogP contribution in [0.3, 0.4) is 0 Å². The number of Topliss-reactive ketones (excluding diaryl/α,β-unsaturated/α-hetero) is 1. The number of carbonyl (C=O) groups is 1. The van der Waals surface area contributed by atoms with Crippen LogP contribution < -0.4 is 4.74 Å². The molecule has 2 rings (SSSR count). The highest BCUT2D eigenvalue weighted by molar-refractivity contribution is 5.97. The monoisotopic (exact) mass is 284 g/mol. The molecule has 0 spiro atoms. The van der Waals surface area contributed by atoms with Gasteiger partial charge in [-0.3, -0.25) is 4.79 Å². The Kier molecular flexibility index (Phi) is 5.98. The van der Waals surface area contributed by atoms with Crippen molar-refractivity contribution in [3.05, 3.63) is 65.7 Å². The predicted octanol–water partition coefficient (Wildman–Crippen LogP) is 3.87.